The largest absolute Gasteiger partial charge is 0.481 e. The number of hydrogen-bond acceptors (Lipinski definition) is 3. The summed E-state index contributed by atoms with van der Waals surface area (Å²) in [4.78, 5) is 22.6. The molecular formula is C11H13Cl2NO3S. The summed E-state index contributed by atoms with van der Waals surface area (Å²) in [6.07, 6.45) is 1.29. The Hall–Kier alpha value is -0.780. The van der Waals surface area contributed by atoms with Gasteiger partial charge in [0.15, 0.2) is 0 Å². The van der Waals surface area contributed by atoms with Crippen LogP contribution in [0, 0.1) is 0 Å². The molecule has 0 aromatic carbocycles. The van der Waals surface area contributed by atoms with Crippen molar-refractivity contribution in [2.75, 3.05) is 0 Å². The van der Waals surface area contributed by atoms with Crippen LogP contribution in [0.15, 0.2) is 6.07 Å². The molecule has 0 spiro atoms. The second-order valence-electron chi connectivity index (χ2n) is 3.79. The van der Waals surface area contributed by atoms with Gasteiger partial charge in [-0.2, -0.15) is 0 Å². The predicted molar refractivity (Wildman–Crippen MR) is 72.8 cm³/mol. The molecule has 1 atom stereocenters. The molecule has 0 saturated heterocycles. The Morgan fingerprint density at radius 1 is 1.50 bits per heavy atom. The van der Waals surface area contributed by atoms with Crippen molar-refractivity contribution in [1.82, 2.24) is 5.32 Å². The predicted octanol–water partition coefficient (Wildman–Crippen LogP) is 3.43. The molecule has 0 aliphatic heterocycles. The number of aliphatic carboxylic acids is 1. The Morgan fingerprint density at radius 3 is 2.61 bits per heavy atom. The summed E-state index contributed by atoms with van der Waals surface area (Å²) in [5, 5.41) is 11.4. The van der Waals surface area contributed by atoms with E-state index in [9.17, 15) is 9.59 Å². The summed E-state index contributed by atoms with van der Waals surface area (Å²) in [5.74, 6) is -1.33. The summed E-state index contributed by atoms with van der Waals surface area (Å²) in [6.45, 7) is 1.93. The molecule has 18 heavy (non-hydrogen) atoms. The van der Waals surface area contributed by atoms with Gasteiger partial charge in [0, 0.05) is 6.04 Å². The number of carbonyl (C=O) groups is 2. The molecule has 0 saturated carbocycles. The van der Waals surface area contributed by atoms with Gasteiger partial charge in [-0.15, -0.1) is 11.3 Å². The molecule has 1 rings (SSSR count). The maximum Gasteiger partial charge on any atom is 0.305 e. The molecule has 0 aliphatic carbocycles. The third-order valence-corrected chi connectivity index (χ3v) is 3.78. The third kappa shape index (κ3) is 4.48. The van der Waals surface area contributed by atoms with Crippen LogP contribution in [-0.2, 0) is 4.79 Å². The van der Waals surface area contributed by atoms with Crippen molar-refractivity contribution in [2.45, 2.75) is 32.2 Å². The maximum atomic E-state index is 11.9. The number of carboxylic acids is 1. The number of rotatable bonds is 6. The van der Waals surface area contributed by atoms with Crippen molar-refractivity contribution < 1.29 is 14.7 Å². The number of amides is 1. The van der Waals surface area contributed by atoms with E-state index in [0.717, 1.165) is 17.8 Å². The van der Waals surface area contributed by atoms with E-state index in [1.54, 1.807) is 0 Å². The summed E-state index contributed by atoms with van der Waals surface area (Å²) in [6, 6.07) is 1.09. The van der Waals surface area contributed by atoms with Crippen LogP contribution in [0.1, 0.15) is 36.5 Å². The molecule has 1 heterocycles. The zero-order valence-electron chi connectivity index (χ0n) is 9.70. The second kappa shape index (κ2) is 6.97. The molecule has 4 nitrogen and oxygen atoms in total. The number of nitrogens with one attached hydrogen (secondary N) is 1. The van der Waals surface area contributed by atoms with Crippen molar-refractivity contribution in [3.63, 3.8) is 0 Å². The Morgan fingerprint density at radius 2 is 2.17 bits per heavy atom. The quantitative estimate of drug-likeness (QED) is 0.846. The Balaban J connectivity index is 2.71. The first-order chi connectivity index (χ1) is 8.43. The van der Waals surface area contributed by atoms with Gasteiger partial charge in [0.1, 0.15) is 4.34 Å². The Bertz CT molecular complexity index is 447. The molecule has 1 aromatic rings. The smallest absolute Gasteiger partial charge is 0.305 e. The molecule has 0 aliphatic rings. The molecule has 1 amide bonds. The fourth-order valence-electron chi connectivity index (χ4n) is 1.54. The first-order valence-corrected chi connectivity index (χ1v) is 6.98. The molecule has 0 radical (unpaired) electrons. The number of thiophene rings is 1. The minimum atomic E-state index is -0.941. The van der Waals surface area contributed by atoms with Gasteiger partial charge in [0.05, 0.1) is 16.3 Å². The number of carbonyl (C=O) groups excluding carboxylic acids is 1. The highest BCUT2D eigenvalue weighted by atomic mass is 35.5. The summed E-state index contributed by atoms with van der Waals surface area (Å²) in [7, 11) is 0. The fraction of sp³-hybridized carbons (Fsp3) is 0.455. The van der Waals surface area contributed by atoms with E-state index in [1.165, 1.54) is 6.07 Å². The molecule has 2 N–H and O–H groups in total. The van der Waals surface area contributed by atoms with E-state index in [-0.39, 0.29) is 17.9 Å². The average Bonchev–Trinajstić information content (AvgIpc) is 2.57. The summed E-state index contributed by atoms with van der Waals surface area (Å²) < 4.78 is 0.735. The zero-order valence-corrected chi connectivity index (χ0v) is 12.0. The maximum absolute atomic E-state index is 11.9. The van der Waals surface area contributed by atoms with Crippen LogP contribution in [-0.4, -0.2) is 23.0 Å². The monoisotopic (exact) mass is 309 g/mol. The van der Waals surface area contributed by atoms with Crippen molar-refractivity contribution in [3.8, 4) is 0 Å². The molecule has 1 unspecified atom stereocenters. The highest BCUT2D eigenvalue weighted by Gasteiger charge is 2.19. The van der Waals surface area contributed by atoms with Gasteiger partial charge in [-0.25, -0.2) is 0 Å². The summed E-state index contributed by atoms with van der Waals surface area (Å²) in [5.41, 5.74) is 0.290. The van der Waals surface area contributed by atoms with Crippen LogP contribution >= 0.6 is 34.5 Å². The third-order valence-electron chi connectivity index (χ3n) is 2.29. The van der Waals surface area contributed by atoms with Gasteiger partial charge in [-0.05, 0) is 12.5 Å². The number of hydrogen-bond donors (Lipinski definition) is 2. The normalized spacial score (nSPS) is 12.2. The highest BCUT2D eigenvalue weighted by molar-refractivity contribution is 7.20. The first-order valence-electron chi connectivity index (χ1n) is 5.41. The average molecular weight is 310 g/mol. The Kier molecular flexibility index (Phi) is 5.91. The lowest BCUT2D eigenvalue weighted by atomic mass is 10.1. The van der Waals surface area contributed by atoms with E-state index in [0.29, 0.717) is 15.1 Å². The van der Waals surface area contributed by atoms with Crippen molar-refractivity contribution in [3.05, 3.63) is 20.3 Å². The number of carboxylic acid groups (broad SMARTS) is 1. The molecule has 1 aromatic heterocycles. The van der Waals surface area contributed by atoms with Gasteiger partial charge in [-0.1, -0.05) is 36.5 Å². The van der Waals surface area contributed by atoms with Gasteiger partial charge in [0.25, 0.3) is 5.91 Å². The first kappa shape index (κ1) is 15.3. The molecule has 100 valence electrons. The molecule has 0 bridgehead atoms. The highest BCUT2D eigenvalue weighted by Crippen LogP contribution is 2.31. The van der Waals surface area contributed by atoms with E-state index >= 15 is 0 Å². The fourth-order valence-corrected chi connectivity index (χ4v) is 3.00. The van der Waals surface area contributed by atoms with Crippen LogP contribution in [0.5, 0.6) is 0 Å². The standard InChI is InChI=1S/C11H13Cl2NO3S/c1-2-3-6(4-9(15)16)14-11(17)7-5-8(12)18-10(7)13/h5-6H,2-4H2,1H3,(H,14,17)(H,15,16). The van der Waals surface area contributed by atoms with Gasteiger partial charge in [0.2, 0.25) is 0 Å². The van der Waals surface area contributed by atoms with Crippen molar-refractivity contribution in [1.29, 1.82) is 0 Å². The minimum absolute atomic E-state index is 0.102. The minimum Gasteiger partial charge on any atom is -0.481 e. The SMILES string of the molecule is CCCC(CC(=O)O)NC(=O)c1cc(Cl)sc1Cl. The molecule has 7 heteroatoms. The van der Waals surface area contributed by atoms with E-state index in [1.807, 2.05) is 6.92 Å². The van der Waals surface area contributed by atoms with E-state index in [2.05, 4.69) is 5.32 Å². The van der Waals surface area contributed by atoms with Gasteiger partial charge >= 0.3 is 5.97 Å². The zero-order chi connectivity index (χ0) is 13.7. The lowest BCUT2D eigenvalue weighted by molar-refractivity contribution is -0.137. The molecule has 0 fully saturated rings. The van der Waals surface area contributed by atoms with Gasteiger partial charge in [-0.3, -0.25) is 9.59 Å². The lowest BCUT2D eigenvalue weighted by Gasteiger charge is -2.15. The van der Waals surface area contributed by atoms with Crippen LogP contribution in [0.25, 0.3) is 0 Å². The van der Waals surface area contributed by atoms with E-state index in [4.69, 9.17) is 28.3 Å². The lowest BCUT2D eigenvalue weighted by Crippen LogP contribution is -2.36. The van der Waals surface area contributed by atoms with Crippen LogP contribution in [0.3, 0.4) is 0 Å². The topological polar surface area (TPSA) is 66.4 Å². The van der Waals surface area contributed by atoms with Gasteiger partial charge < -0.3 is 10.4 Å². The van der Waals surface area contributed by atoms with E-state index < -0.39 is 12.0 Å². The second-order valence-corrected chi connectivity index (χ2v) is 6.08. The van der Waals surface area contributed by atoms with Crippen LogP contribution in [0.2, 0.25) is 8.67 Å². The van der Waals surface area contributed by atoms with Crippen LogP contribution in [0.4, 0.5) is 0 Å². The summed E-state index contributed by atoms with van der Waals surface area (Å²) >= 11 is 12.7. The number of halogens is 2. The van der Waals surface area contributed by atoms with Crippen molar-refractivity contribution >= 4 is 46.4 Å². The Labute approximate surface area is 119 Å². The van der Waals surface area contributed by atoms with Crippen LogP contribution < -0.4 is 5.32 Å². The molecular weight excluding hydrogens is 297 g/mol. The van der Waals surface area contributed by atoms with Crippen molar-refractivity contribution in [2.24, 2.45) is 0 Å².